The van der Waals surface area contributed by atoms with E-state index in [1.807, 2.05) is 13.8 Å². The Morgan fingerprint density at radius 3 is 2.67 bits per heavy atom. The van der Waals surface area contributed by atoms with Crippen LogP contribution in [0.5, 0.6) is 0 Å². The second-order valence-corrected chi connectivity index (χ2v) is 4.97. The molecule has 1 aliphatic heterocycles. The van der Waals surface area contributed by atoms with Crippen LogP contribution in [0.1, 0.15) is 21.4 Å². The van der Waals surface area contributed by atoms with Gasteiger partial charge in [0.25, 0.3) is 5.91 Å². The van der Waals surface area contributed by atoms with Crippen molar-refractivity contribution in [1.29, 1.82) is 0 Å². The molecule has 0 aromatic carbocycles. The summed E-state index contributed by atoms with van der Waals surface area (Å²) < 4.78 is 0. The fourth-order valence-corrected chi connectivity index (χ4v) is 2.67. The Kier molecular flexibility index (Phi) is 2.48. The van der Waals surface area contributed by atoms with Crippen LogP contribution < -0.4 is 10.6 Å². The van der Waals surface area contributed by atoms with Crippen LogP contribution in [0.3, 0.4) is 0 Å². The highest BCUT2D eigenvalue weighted by Crippen LogP contribution is 2.27. The lowest BCUT2D eigenvalue weighted by molar-refractivity contribution is -0.120. The number of aliphatic imine (C=N–C) groups is 1. The lowest BCUT2D eigenvalue weighted by atomic mass is 10.1. The Morgan fingerprint density at radius 1 is 1.47 bits per heavy atom. The van der Waals surface area contributed by atoms with Crippen molar-refractivity contribution in [3.63, 3.8) is 0 Å². The van der Waals surface area contributed by atoms with E-state index < -0.39 is 0 Å². The van der Waals surface area contributed by atoms with E-state index in [-0.39, 0.29) is 11.9 Å². The van der Waals surface area contributed by atoms with Gasteiger partial charge in [-0.1, -0.05) is 0 Å². The highest BCUT2D eigenvalue weighted by molar-refractivity contribution is 7.12. The van der Waals surface area contributed by atoms with Crippen LogP contribution in [-0.4, -0.2) is 18.9 Å². The lowest BCUT2D eigenvalue weighted by Crippen LogP contribution is -2.24. The summed E-state index contributed by atoms with van der Waals surface area (Å²) in [6.07, 6.45) is 0. The third-order valence-corrected chi connectivity index (χ3v) is 3.38. The van der Waals surface area contributed by atoms with Crippen molar-refractivity contribution in [3.8, 4) is 0 Å². The van der Waals surface area contributed by atoms with Crippen LogP contribution in [0, 0.1) is 13.8 Å². The number of nitrogens with zero attached hydrogens (tertiary/aromatic N) is 1. The zero-order valence-electron chi connectivity index (χ0n) is 8.92. The lowest BCUT2D eigenvalue weighted by Gasteiger charge is -2.06. The van der Waals surface area contributed by atoms with Gasteiger partial charge < -0.3 is 5.32 Å². The molecule has 1 saturated heterocycles. The van der Waals surface area contributed by atoms with Gasteiger partial charge in [-0.25, -0.2) is 0 Å². The molecule has 15 heavy (non-hydrogen) atoms. The average Bonchev–Trinajstić information content (AvgIpc) is 2.69. The molecule has 1 aromatic rings. The van der Waals surface area contributed by atoms with E-state index in [0.29, 0.717) is 5.96 Å². The molecule has 0 saturated carbocycles. The molecule has 1 fully saturated rings. The number of rotatable bonds is 1. The van der Waals surface area contributed by atoms with Crippen molar-refractivity contribution in [3.05, 3.63) is 21.4 Å². The minimum absolute atomic E-state index is 0.0310. The molecule has 1 unspecified atom stereocenters. The van der Waals surface area contributed by atoms with Crippen LogP contribution in [0.15, 0.2) is 11.1 Å². The summed E-state index contributed by atoms with van der Waals surface area (Å²) in [5.74, 6) is 0.518. The average molecular weight is 223 g/mol. The number of carbonyl (C=O) groups excluding carboxylic acids is 1. The summed E-state index contributed by atoms with van der Waals surface area (Å²) in [7, 11) is 1.65. The Labute approximate surface area is 92.4 Å². The maximum Gasteiger partial charge on any atom is 0.253 e. The molecule has 1 amide bonds. The van der Waals surface area contributed by atoms with E-state index >= 15 is 0 Å². The molecule has 2 rings (SSSR count). The Bertz CT molecular complexity index is 436. The molecule has 2 N–H and O–H groups in total. The largest absolute Gasteiger partial charge is 0.340 e. The molecule has 4 nitrogen and oxygen atoms in total. The third kappa shape index (κ3) is 1.74. The normalized spacial score (nSPS) is 23.0. The first-order chi connectivity index (χ1) is 7.11. The maximum absolute atomic E-state index is 11.7. The second-order valence-electron chi connectivity index (χ2n) is 3.51. The second kappa shape index (κ2) is 3.66. The van der Waals surface area contributed by atoms with Gasteiger partial charge in [-0.2, -0.15) is 0 Å². The van der Waals surface area contributed by atoms with Gasteiger partial charge >= 0.3 is 0 Å². The first kappa shape index (κ1) is 10.2. The molecule has 2 heterocycles. The highest BCUT2D eigenvalue weighted by atomic mass is 32.1. The van der Waals surface area contributed by atoms with Crippen LogP contribution in [0.4, 0.5) is 0 Å². The zero-order chi connectivity index (χ0) is 11.0. The summed E-state index contributed by atoms with van der Waals surface area (Å²) in [5.41, 5.74) is 1.05. The molecule has 0 spiro atoms. The van der Waals surface area contributed by atoms with Crippen LogP contribution >= 0.6 is 11.3 Å². The third-order valence-electron chi connectivity index (χ3n) is 2.40. The predicted molar refractivity (Wildman–Crippen MR) is 61.2 cm³/mol. The monoisotopic (exact) mass is 223 g/mol. The molecule has 0 bridgehead atoms. The van der Waals surface area contributed by atoms with E-state index in [4.69, 9.17) is 0 Å². The van der Waals surface area contributed by atoms with Crippen molar-refractivity contribution in [2.24, 2.45) is 4.99 Å². The Morgan fingerprint density at radius 2 is 2.20 bits per heavy atom. The van der Waals surface area contributed by atoms with Gasteiger partial charge in [0, 0.05) is 16.8 Å². The molecule has 0 aliphatic carbocycles. The molecular formula is C10H13N3OS. The Hall–Kier alpha value is -1.36. The van der Waals surface area contributed by atoms with Gasteiger partial charge in [0.1, 0.15) is 6.04 Å². The summed E-state index contributed by atoms with van der Waals surface area (Å²) in [6, 6.07) is 1.77. The number of amides is 1. The van der Waals surface area contributed by atoms with E-state index in [1.165, 1.54) is 9.75 Å². The van der Waals surface area contributed by atoms with Gasteiger partial charge in [-0.15, -0.1) is 11.3 Å². The van der Waals surface area contributed by atoms with Crippen molar-refractivity contribution < 1.29 is 4.79 Å². The van der Waals surface area contributed by atoms with Gasteiger partial charge in [-0.3, -0.25) is 15.1 Å². The highest BCUT2D eigenvalue weighted by Gasteiger charge is 2.31. The molecular weight excluding hydrogens is 210 g/mol. The first-order valence-electron chi connectivity index (χ1n) is 4.73. The predicted octanol–water partition coefficient (Wildman–Crippen LogP) is 1.11. The molecule has 1 aliphatic rings. The van der Waals surface area contributed by atoms with E-state index in [2.05, 4.69) is 21.7 Å². The van der Waals surface area contributed by atoms with Crippen molar-refractivity contribution in [2.75, 3.05) is 7.05 Å². The maximum atomic E-state index is 11.7. The SMILES string of the molecule is CN=C1NC(=O)C(c2cc(C)sc2C)N1. The molecule has 5 heteroatoms. The van der Waals surface area contributed by atoms with Gasteiger partial charge in [-0.05, 0) is 25.5 Å². The number of hydrogen-bond acceptors (Lipinski definition) is 3. The smallest absolute Gasteiger partial charge is 0.253 e. The van der Waals surface area contributed by atoms with Crippen molar-refractivity contribution in [2.45, 2.75) is 19.9 Å². The standard InChI is InChI=1S/C10H13N3OS/c1-5-4-7(6(2)15-5)8-9(14)13-10(11-3)12-8/h4,8H,1-3H3,(H2,11,12,13,14). The van der Waals surface area contributed by atoms with Gasteiger partial charge in [0.15, 0.2) is 5.96 Å². The minimum Gasteiger partial charge on any atom is -0.340 e. The molecule has 80 valence electrons. The quantitative estimate of drug-likeness (QED) is 0.749. The minimum atomic E-state index is -0.284. The number of nitrogens with one attached hydrogen (secondary N) is 2. The summed E-state index contributed by atoms with van der Waals surface area (Å²) >= 11 is 1.71. The van der Waals surface area contributed by atoms with Crippen LogP contribution in [-0.2, 0) is 4.79 Å². The number of guanidine groups is 1. The van der Waals surface area contributed by atoms with Gasteiger partial charge in [0.05, 0.1) is 0 Å². The first-order valence-corrected chi connectivity index (χ1v) is 5.54. The van der Waals surface area contributed by atoms with Crippen LogP contribution in [0.2, 0.25) is 0 Å². The number of hydrogen-bond donors (Lipinski definition) is 2. The Balaban J connectivity index is 2.33. The van der Waals surface area contributed by atoms with Gasteiger partial charge in [0.2, 0.25) is 0 Å². The number of aryl methyl sites for hydroxylation is 2. The summed E-state index contributed by atoms with van der Waals surface area (Å²) in [5, 5.41) is 5.75. The molecule has 0 radical (unpaired) electrons. The van der Waals surface area contributed by atoms with Crippen molar-refractivity contribution in [1.82, 2.24) is 10.6 Å². The van der Waals surface area contributed by atoms with Crippen LogP contribution in [0.25, 0.3) is 0 Å². The fraction of sp³-hybridized carbons (Fsp3) is 0.400. The summed E-state index contributed by atoms with van der Waals surface area (Å²) in [4.78, 5) is 18.0. The molecule has 1 atom stereocenters. The van der Waals surface area contributed by atoms with E-state index in [0.717, 1.165) is 5.56 Å². The number of thiophene rings is 1. The zero-order valence-corrected chi connectivity index (χ0v) is 9.73. The number of carbonyl (C=O) groups is 1. The summed E-state index contributed by atoms with van der Waals surface area (Å²) in [6.45, 7) is 4.08. The van der Waals surface area contributed by atoms with E-state index in [9.17, 15) is 4.79 Å². The molecule has 1 aromatic heterocycles. The van der Waals surface area contributed by atoms with E-state index in [1.54, 1.807) is 18.4 Å². The topological polar surface area (TPSA) is 53.5 Å². The van der Waals surface area contributed by atoms with Crippen molar-refractivity contribution >= 4 is 23.2 Å². The fourth-order valence-electron chi connectivity index (χ4n) is 1.70.